The Balaban J connectivity index is 0.00000144. The molecule has 0 amide bonds. The fourth-order valence-corrected chi connectivity index (χ4v) is 1.45. The first kappa shape index (κ1) is 12.9. The molecule has 2 aromatic rings. The maximum absolute atomic E-state index is 8.28. The van der Waals surface area contributed by atoms with Crippen LogP contribution in [-0.4, -0.2) is 0 Å². The van der Waals surface area contributed by atoms with Crippen molar-refractivity contribution in [3.05, 3.63) is 59.0 Å². The Hall–Kier alpha value is -2.16. The maximum atomic E-state index is 8.28. The fourth-order valence-electron chi connectivity index (χ4n) is 1.45. The zero-order chi connectivity index (χ0) is 11.4. The van der Waals surface area contributed by atoms with E-state index in [9.17, 15) is 0 Å². The Morgan fingerprint density at radius 2 is 1.35 bits per heavy atom. The predicted molar refractivity (Wildman–Crippen MR) is 72.3 cm³/mol. The van der Waals surface area contributed by atoms with Crippen molar-refractivity contribution in [2.24, 2.45) is 5.11 Å². The van der Waals surface area contributed by atoms with Gasteiger partial charge < -0.3 is 5.73 Å². The highest BCUT2D eigenvalue weighted by Crippen LogP contribution is 2.23. The molecule has 0 saturated heterocycles. The molecule has 0 fully saturated rings. The zero-order valence-electron chi connectivity index (χ0n) is 8.95. The Morgan fingerprint density at radius 3 is 1.82 bits per heavy atom. The third kappa shape index (κ3) is 3.14. The molecule has 2 N–H and O–H groups in total. The number of rotatable bonds is 2. The molecule has 0 aromatic heterocycles. The Bertz CT molecular complexity index is 527. The van der Waals surface area contributed by atoms with Gasteiger partial charge in [-0.05, 0) is 28.8 Å². The van der Waals surface area contributed by atoms with Crippen LogP contribution in [0.1, 0.15) is 0 Å². The molecule has 2 aromatic carbocycles. The number of nitrogen functional groups attached to an aromatic ring is 1. The number of halogens is 1. The summed E-state index contributed by atoms with van der Waals surface area (Å²) in [6, 6.07) is 15.0. The Morgan fingerprint density at radius 1 is 0.882 bits per heavy atom. The van der Waals surface area contributed by atoms with E-state index in [0.717, 1.165) is 16.8 Å². The van der Waals surface area contributed by atoms with Crippen LogP contribution in [0.4, 0.5) is 11.4 Å². The van der Waals surface area contributed by atoms with Crippen LogP contribution >= 0.6 is 12.4 Å². The minimum absolute atomic E-state index is 0. The second kappa shape index (κ2) is 5.80. The summed E-state index contributed by atoms with van der Waals surface area (Å²) in [7, 11) is 0. The van der Waals surface area contributed by atoms with Crippen LogP contribution in [0.2, 0.25) is 0 Å². The summed E-state index contributed by atoms with van der Waals surface area (Å²) in [6.45, 7) is 0. The summed E-state index contributed by atoms with van der Waals surface area (Å²) in [4.78, 5) is 2.73. The van der Waals surface area contributed by atoms with Gasteiger partial charge in [0.2, 0.25) is 0 Å². The van der Waals surface area contributed by atoms with Crippen molar-refractivity contribution in [1.29, 1.82) is 0 Å². The fraction of sp³-hybridized carbons (Fsp3) is 0. The van der Waals surface area contributed by atoms with Crippen LogP contribution in [0.5, 0.6) is 0 Å². The Labute approximate surface area is 105 Å². The van der Waals surface area contributed by atoms with Gasteiger partial charge in [-0.25, -0.2) is 0 Å². The van der Waals surface area contributed by atoms with Gasteiger partial charge in [-0.2, -0.15) is 0 Å². The third-order valence-electron chi connectivity index (χ3n) is 2.27. The van der Waals surface area contributed by atoms with Gasteiger partial charge in [0, 0.05) is 16.3 Å². The van der Waals surface area contributed by atoms with Crippen molar-refractivity contribution in [1.82, 2.24) is 0 Å². The number of hydrogen-bond donors (Lipinski definition) is 1. The highest BCUT2D eigenvalue weighted by molar-refractivity contribution is 5.85. The number of azide groups is 1. The molecule has 0 aliphatic rings. The van der Waals surface area contributed by atoms with E-state index in [2.05, 4.69) is 10.0 Å². The largest absolute Gasteiger partial charge is 0.399 e. The van der Waals surface area contributed by atoms with E-state index in [1.807, 2.05) is 36.4 Å². The van der Waals surface area contributed by atoms with Crippen molar-refractivity contribution in [2.45, 2.75) is 0 Å². The van der Waals surface area contributed by atoms with Crippen LogP contribution in [-0.2, 0) is 0 Å². The molecule has 4 nitrogen and oxygen atoms in total. The first-order valence-electron chi connectivity index (χ1n) is 4.81. The highest BCUT2D eigenvalue weighted by atomic mass is 35.5. The summed E-state index contributed by atoms with van der Waals surface area (Å²) in [6.07, 6.45) is 0. The lowest BCUT2D eigenvalue weighted by molar-refractivity contribution is 1.47. The summed E-state index contributed by atoms with van der Waals surface area (Å²) in [5.41, 5.74) is 17.4. The van der Waals surface area contributed by atoms with Gasteiger partial charge in [-0.1, -0.05) is 41.5 Å². The second-order valence-corrected chi connectivity index (χ2v) is 3.36. The number of hydrogen-bond acceptors (Lipinski definition) is 2. The first-order chi connectivity index (χ1) is 7.79. The number of benzene rings is 2. The molecule has 0 spiro atoms. The van der Waals surface area contributed by atoms with E-state index in [4.69, 9.17) is 11.3 Å². The van der Waals surface area contributed by atoms with Crippen molar-refractivity contribution in [3.63, 3.8) is 0 Å². The molecule has 0 bridgehead atoms. The lowest BCUT2D eigenvalue weighted by atomic mass is 10.1. The lowest BCUT2D eigenvalue weighted by Crippen LogP contribution is -1.83. The minimum atomic E-state index is 0. The van der Waals surface area contributed by atoms with Crippen molar-refractivity contribution in [2.75, 3.05) is 5.73 Å². The molecule has 86 valence electrons. The van der Waals surface area contributed by atoms with E-state index in [1.54, 1.807) is 12.1 Å². The smallest absolute Gasteiger partial charge is 0.0375 e. The number of nitrogens with zero attached hydrogens (tertiary/aromatic N) is 3. The van der Waals surface area contributed by atoms with Crippen LogP contribution in [0.15, 0.2) is 53.6 Å². The Kier molecular flexibility index (Phi) is 4.40. The van der Waals surface area contributed by atoms with Crippen molar-refractivity contribution in [3.8, 4) is 11.1 Å². The normalized spacial score (nSPS) is 8.94. The van der Waals surface area contributed by atoms with E-state index in [-0.39, 0.29) is 12.4 Å². The van der Waals surface area contributed by atoms with Gasteiger partial charge in [-0.15, -0.1) is 12.4 Å². The van der Waals surface area contributed by atoms with Crippen LogP contribution in [0.3, 0.4) is 0 Å². The maximum Gasteiger partial charge on any atom is 0.0375 e. The van der Waals surface area contributed by atoms with Crippen LogP contribution < -0.4 is 5.73 Å². The summed E-state index contributed by atoms with van der Waals surface area (Å²) < 4.78 is 0. The monoisotopic (exact) mass is 246 g/mol. The standard InChI is InChI=1S/C12H10N4.ClH/c13-11-5-1-9(2-6-11)10-3-7-12(8-4-10)15-16-14;/h1-8H,13H2;1H. The van der Waals surface area contributed by atoms with Gasteiger partial charge >= 0.3 is 0 Å². The van der Waals surface area contributed by atoms with Crippen LogP contribution in [0.25, 0.3) is 21.6 Å². The molecule has 17 heavy (non-hydrogen) atoms. The summed E-state index contributed by atoms with van der Waals surface area (Å²) in [5, 5.41) is 3.52. The van der Waals surface area contributed by atoms with Gasteiger partial charge in [0.05, 0.1) is 0 Å². The molecule has 2 rings (SSSR count). The highest BCUT2D eigenvalue weighted by Gasteiger charge is 1.96. The summed E-state index contributed by atoms with van der Waals surface area (Å²) in [5.74, 6) is 0. The van der Waals surface area contributed by atoms with Gasteiger partial charge in [0.1, 0.15) is 0 Å². The quantitative estimate of drug-likeness (QED) is 0.365. The lowest BCUT2D eigenvalue weighted by Gasteiger charge is -2.02. The molecule has 0 aliphatic heterocycles. The minimum Gasteiger partial charge on any atom is -0.399 e. The van der Waals surface area contributed by atoms with Gasteiger partial charge in [0.15, 0.2) is 0 Å². The van der Waals surface area contributed by atoms with E-state index >= 15 is 0 Å². The van der Waals surface area contributed by atoms with Crippen molar-refractivity contribution >= 4 is 23.8 Å². The van der Waals surface area contributed by atoms with Crippen LogP contribution in [0, 0.1) is 0 Å². The molecule has 0 atom stereocenters. The molecular weight excluding hydrogens is 236 g/mol. The van der Waals surface area contributed by atoms with E-state index in [0.29, 0.717) is 5.69 Å². The predicted octanol–water partition coefficient (Wildman–Crippen LogP) is 4.30. The number of nitrogens with two attached hydrogens (primary N) is 1. The van der Waals surface area contributed by atoms with E-state index < -0.39 is 0 Å². The molecular formula is C12H11ClN4. The summed E-state index contributed by atoms with van der Waals surface area (Å²) >= 11 is 0. The molecule has 5 heteroatoms. The second-order valence-electron chi connectivity index (χ2n) is 3.36. The van der Waals surface area contributed by atoms with Crippen molar-refractivity contribution < 1.29 is 0 Å². The average Bonchev–Trinajstić information content (AvgIpc) is 2.32. The van der Waals surface area contributed by atoms with Gasteiger partial charge in [0.25, 0.3) is 0 Å². The van der Waals surface area contributed by atoms with Gasteiger partial charge in [-0.3, -0.25) is 0 Å². The number of anilines is 1. The zero-order valence-corrected chi connectivity index (χ0v) is 9.76. The molecule has 0 aliphatic carbocycles. The average molecular weight is 247 g/mol. The molecule has 0 unspecified atom stereocenters. The first-order valence-corrected chi connectivity index (χ1v) is 4.81. The SMILES string of the molecule is Cl.[N-]=[N+]=Nc1ccc(-c2ccc(N)cc2)cc1. The topological polar surface area (TPSA) is 74.8 Å². The van der Waals surface area contributed by atoms with E-state index in [1.165, 1.54) is 0 Å². The molecule has 0 radical (unpaired) electrons. The molecule has 0 saturated carbocycles. The third-order valence-corrected chi connectivity index (χ3v) is 2.27. The molecule has 0 heterocycles.